The number of fused-ring (bicyclic) bond motifs is 1. The number of thiophene rings is 1. The van der Waals surface area contributed by atoms with E-state index in [-0.39, 0.29) is 0 Å². The smallest absolute Gasteiger partial charge is 0.123 e. The van der Waals surface area contributed by atoms with Gasteiger partial charge in [0.05, 0.1) is 0 Å². The molecular weight excluding hydrogens is 154 g/mol. The molecule has 0 aromatic carbocycles. The topological polar surface area (TPSA) is 12.9 Å². The van der Waals surface area contributed by atoms with Crippen LogP contribution in [0.2, 0.25) is 0 Å². The van der Waals surface area contributed by atoms with Gasteiger partial charge in [0.2, 0.25) is 0 Å². The number of hydrogen-bond donors (Lipinski definition) is 0. The fraction of sp³-hybridized carbons (Fsp3) is 0.222. The third-order valence-electron chi connectivity index (χ3n) is 1.23. The zero-order valence-electron chi connectivity index (χ0n) is 6.74. The van der Waals surface area contributed by atoms with Crippen LogP contribution in [0.25, 0.3) is 10.2 Å². The molecule has 2 rings (SSSR count). The predicted octanol–water partition coefficient (Wildman–Crippen LogP) is 3.32. The zero-order valence-corrected chi connectivity index (χ0v) is 7.56. The molecule has 0 saturated carbocycles. The van der Waals surface area contributed by atoms with Crippen LogP contribution in [0.3, 0.4) is 0 Å². The second-order valence-corrected chi connectivity index (χ2v) is 2.71. The van der Waals surface area contributed by atoms with Crippen molar-refractivity contribution in [2.45, 2.75) is 13.8 Å². The Hall–Kier alpha value is -0.890. The summed E-state index contributed by atoms with van der Waals surface area (Å²) in [6.07, 6.45) is 1.82. The maximum absolute atomic E-state index is 4.16. The van der Waals surface area contributed by atoms with Crippen LogP contribution >= 0.6 is 11.3 Å². The Balaban J connectivity index is 0.000000281. The molecule has 0 atom stereocenters. The summed E-state index contributed by atoms with van der Waals surface area (Å²) in [5.74, 6) is 0. The fourth-order valence-electron chi connectivity index (χ4n) is 0.800. The van der Waals surface area contributed by atoms with Crippen LogP contribution in [-0.2, 0) is 0 Å². The fourth-order valence-corrected chi connectivity index (χ4v) is 1.54. The Bertz CT molecular complexity index is 284. The van der Waals surface area contributed by atoms with Crippen molar-refractivity contribution in [3.8, 4) is 0 Å². The molecule has 0 aliphatic heterocycles. The highest BCUT2D eigenvalue weighted by atomic mass is 32.1. The van der Waals surface area contributed by atoms with Crippen molar-refractivity contribution in [3.05, 3.63) is 29.8 Å². The molecule has 2 heteroatoms. The second kappa shape index (κ2) is 4.09. The molecule has 0 spiro atoms. The Kier molecular flexibility index (Phi) is 3.05. The maximum Gasteiger partial charge on any atom is 0.123 e. The van der Waals surface area contributed by atoms with Crippen molar-refractivity contribution in [1.82, 2.24) is 4.98 Å². The number of hydrogen-bond acceptors (Lipinski definition) is 2. The van der Waals surface area contributed by atoms with Gasteiger partial charge >= 0.3 is 0 Å². The maximum atomic E-state index is 4.16. The summed E-state index contributed by atoms with van der Waals surface area (Å²) in [7, 11) is 0. The molecule has 0 N–H and O–H groups in total. The van der Waals surface area contributed by atoms with E-state index in [0.717, 1.165) is 4.83 Å². The van der Waals surface area contributed by atoms with Crippen molar-refractivity contribution < 1.29 is 0 Å². The molecule has 2 aromatic rings. The molecule has 0 unspecified atom stereocenters. The molecule has 0 bridgehead atoms. The number of pyridine rings is 1. The number of aromatic nitrogens is 1. The highest BCUT2D eigenvalue weighted by Gasteiger charge is 1.89. The number of nitrogens with zero attached hydrogens (tertiary/aromatic N) is 1. The Labute approximate surface area is 70.7 Å². The normalized spacial score (nSPS) is 8.91. The lowest BCUT2D eigenvalue weighted by Crippen LogP contribution is -1.65. The first-order valence-corrected chi connectivity index (χ1v) is 4.63. The standard InChI is InChI=1S/C7H5NS.C2H6/c1-2-6-3-5-9-7(6)8-4-1;1-2/h1-5H;1-2H3. The Morgan fingerprint density at radius 2 is 2.09 bits per heavy atom. The van der Waals surface area contributed by atoms with Crippen LogP contribution < -0.4 is 0 Å². The van der Waals surface area contributed by atoms with Crippen molar-refractivity contribution in [2.24, 2.45) is 0 Å². The quantitative estimate of drug-likeness (QED) is 0.583. The van der Waals surface area contributed by atoms with Gasteiger partial charge < -0.3 is 0 Å². The average molecular weight is 165 g/mol. The van der Waals surface area contributed by atoms with E-state index in [9.17, 15) is 0 Å². The molecule has 11 heavy (non-hydrogen) atoms. The minimum absolute atomic E-state index is 1.12. The van der Waals surface area contributed by atoms with E-state index in [0.29, 0.717) is 0 Å². The molecule has 2 heterocycles. The molecule has 1 nitrogen and oxygen atoms in total. The summed E-state index contributed by atoms with van der Waals surface area (Å²) in [6, 6.07) is 6.10. The van der Waals surface area contributed by atoms with Crippen LogP contribution in [0.15, 0.2) is 29.8 Å². The summed E-state index contributed by atoms with van der Waals surface area (Å²) in [5, 5.41) is 3.29. The van der Waals surface area contributed by atoms with E-state index >= 15 is 0 Å². The minimum atomic E-state index is 1.12. The van der Waals surface area contributed by atoms with Gasteiger partial charge in [0, 0.05) is 11.6 Å². The SMILES string of the molecule is CC.c1cnc2sccc2c1. The monoisotopic (exact) mass is 165 g/mol. The summed E-state index contributed by atoms with van der Waals surface area (Å²) in [6.45, 7) is 4.00. The van der Waals surface area contributed by atoms with E-state index < -0.39 is 0 Å². The van der Waals surface area contributed by atoms with Crippen molar-refractivity contribution >= 4 is 21.6 Å². The zero-order chi connectivity index (χ0) is 8.10. The molecule has 2 aromatic heterocycles. The third kappa shape index (κ3) is 1.77. The lowest BCUT2D eigenvalue weighted by molar-refractivity contribution is 1.45. The first-order valence-electron chi connectivity index (χ1n) is 3.75. The molecule has 0 fully saturated rings. The molecule has 58 valence electrons. The molecule has 0 aliphatic carbocycles. The van der Waals surface area contributed by atoms with Crippen LogP contribution in [0.4, 0.5) is 0 Å². The van der Waals surface area contributed by atoms with Crippen molar-refractivity contribution in [3.63, 3.8) is 0 Å². The second-order valence-electron chi connectivity index (χ2n) is 1.82. The van der Waals surface area contributed by atoms with Crippen LogP contribution in [0.5, 0.6) is 0 Å². The van der Waals surface area contributed by atoms with E-state index in [1.54, 1.807) is 11.3 Å². The lowest BCUT2D eigenvalue weighted by atomic mass is 10.4. The Morgan fingerprint density at radius 3 is 2.82 bits per heavy atom. The van der Waals surface area contributed by atoms with Gasteiger partial charge in [-0.3, -0.25) is 0 Å². The summed E-state index contributed by atoms with van der Waals surface area (Å²) < 4.78 is 0. The van der Waals surface area contributed by atoms with Gasteiger partial charge in [-0.15, -0.1) is 11.3 Å². The van der Waals surface area contributed by atoms with Gasteiger partial charge in [-0.1, -0.05) is 19.9 Å². The number of rotatable bonds is 0. The largest absolute Gasteiger partial charge is 0.245 e. The van der Waals surface area contributed by atoms with Crippen molar-refractivity contribution in [2.75, 3.05) is 0 Å². The van der Waals surface area contributed by atoms with E-state index in [4.69, 9.17) is 0 Å². The van der Waals surface area contributed by atoms with E-state index in [2.05, 4.69) is 22.5 Å². The minimum Gasteiger partial charge on any atom is -0.245 e. The van der Waals surface area contributed by atoms with Crippen LogP contribution in [-0.4, -0.2) is 4.98 Å². The van der Waals surface area contributed by atoms with Crippen LogP contribution in [0, 0.1) is 0 Å². The van der Waals surface area contributed by atoms with E-state index in [1.165, 1.54) is 5.39 Å². The molecular formula is C9H11NS. The van der Waals surface area contributed by atoms with Gasteiger partial charge in [0.15, 0.2) is 0 Å². The molecule has 0 amide bonds. The van der Waals surface area contributed by atoms with Gasteiger partial charge in [-0.25, -0.2) is 4.98 Å². The third-order valence-corrected chi connectivity index (χ3v) is 2.06. The lowest BCUT2D eigenvalue weighted by Gasteiger charge is -1.81. The molecule has 0 aliphatic rings. The molecule has 0 radical (unpaired) electrons. The van der Waals surface area contributed by atoms with Gasteiger partial charge in [-0.05, 0) is 17.5 Å². The molecule has 0 saturated heterocycles. The average Bonchev–Trinajstić information content (AvgIpc) is 2.55. The van der Waals surface area contributed by atoms with Gasteiger partial charge in [0.1, 0.15) is 4.83 Å². The van der Waals surface area contributed by atoms with Crippen LogP contribution in [0.1, 0.15) is 13.8 Å². The van der Waals surface area contributed by atoms with Gasteiger partial charge in [-0.2, -0.15) is 0 Å². The highest BCUT2D eigenvalue weighted by Crippen LogP contribution is 2.15. The first kappa shape index (κ1) is 8.21. The van der Waals surface area contributed by atoms with Gasteiger partial charge in [0.25, 0.3) is 0 Å². The predicted molar refractivity (Wildman–Crippen MR) is 51.0 cm³/mol. The first-order chi connectivity index (χ1) is 5.47. The highest BCUT2D eigenvalue weighted by molar-refractivity contribution is 7.16. The summed E-state index contributed by atoms with van der Waals surface area (Å²) in [5.41, 5.74) is 0. The Morgan fingerprint density at radius 1 is 1.27 bits per heavy atom. The summed E-state index contributed by atoms with van der Waals surface area (Å²) >= 11 is 1.68. The van der Waals surface area contributed by atoms with E-state index in [1.807, 2.05) is 26.1 Å². The summed E-state index contributed by atoms with van der Waals surface area (Å²) in [4.78, 5) is 5.28. The van der Waals surface area contributed by atoms with Crippen molar-refractivity contribution in [1.29, 1.82) is 0 Å².